The number of hydrogen-bond acceptors (Lipinski definition) is 6. The summed E-state index contributed by atoms with van der Waals surface area (Å²) in [4.78, 5) is 8.39. The van der Waals surface area contributed by atoms with Crippen molar-refractivity contribution in [2.45, 2.75) is 32.3 Å². The number of benzene rings is 1. The normalized spacial score (nSPS) is 17.9. The Bertz CT molecular complexity index is 982. The summed E-state index contributed by atoms with van der Waals surface area (Å²) in [7, 11) is 0. The highest BCUT2D eigenvalue weighted by Gasteiger charge is 2.53. The molecule has 0 spiro atoms. The van der Waals surface area contributed by atoms with Crippen molar-refractivity contribution in [1.29, 1.82) is 0 Å². The van der Waals surface area contributed by atoms with Crippen molar-refractivity contribution >= 4 is 11.6 Å². The molecule has 0 amide bonds. The fraction of sp³-hybridized carbons (Fsp3) is 0.381. The first-order valence-corrected chi connectivity index (χ1v) is 9.70. The summed E-state index contributed by atoms with van der Waals surface area (Å²) in [5, 5.41) is 19.0. The zero-order valence-corrected chi connectivity index (χ0v) is 16.9. The van der Waals surface area contributed by atoms with Crippen molar-refractivity contribution in [3.63, 3.8) is 0 Å². The van der Waals surface area contributed by atoms with Crippen molar-refractivity contribution in [2.75, 3.05) is 13.1 Å². The number of rotatable bonds is 5. The third kappa shape index (κ3) is 3.02. The van der Waals surface area contributed by atoms with Crippen LogP contribution in [0, 0.1) is 5.41 Å². The molecule has 6 nitrogen and oxygen atoms in total. The van der Waals surface area contributed by atoms with Crippen LogP contribution >= 0.6 is 11.6 Å². The molecule has 1 atom stereocenters. The lowest BCUT2D eigenvalue weighted by Crippen LogP contribution is -2.63. The fourth-order valence-corrected chi connectivity index (χ4v) is 3.92. The molecule has 1 fully saturated rings. The molecular formula is C21H23ClN4O2. The van der Waals surface area contributed by atoms with E-state index >= 15 is 0 Å². The average Bonchev–Trinajstić information content (AvgIpc) is 3.12. The van der Waals surface area contributed by atoms with Gasteiger partial charge in [0, 0.05) is 36.5 Å². The highest BCUT2D eigenvalue weighted by molar-refractivity contribution is 6.28. The van der Waals surface area contributed by atoms with Crippen LogP contribution in [0.4, 0.5) is 0 Å². The Kier molecular flexibility index (Phi) is 4.73. The van der Waals surface area contributed by atoms with Gasteiger partial charge in [0.1, 0.15) is 5.60 Å². The molecule has 2 aromatic heterocycles. The Labute approximate surface area is 169 Å². The van der Waals surface area contributed by atoms with E-state index in [1.165, 1.54) is 5.56 Å². The van der Waals surface area contributed by atoms with E-state index in [0.29, 0.717) is 30.1 Å². The molecule has 4 rings (SSSR count). The second kappa shape index (κ2) is 6.95. The van der Waals surface area contributed by atoms with Gasteiger partial charge in [0.05, 0.1) is 5.56 Å². The van der Waals surface area contributed by atoms with E-state index in [9.17, 15) is 5.11 Å². The van der Waals surface area contributed by atoms with Crippen LogP contribution in [0.3, 0.4) is 0 Å². The summed E-state index contributed by atoms with van der Waals surface area (Å²) in [6.07, 6.45) is 3.32. The number of aromatic nitrogens is 3. The highest BCUT2D eigenvalue weighted by atomic mass is 35.5. The van der Waals surface area contributed by atoms with Crippen LogP contribution < -0.4 is 5.32 Å². The smallest absolute Gasteiger partial charge is 0.264 e. The molecule has 28 heavy (non-hydrogen) atoms. The van der Waals surface area contributed by atoms with Gasteiger partial charge in [-0.15, -0.1) is 0 Å². The number of aliphatic hydroxyl groups is 1. The van der Waals surface area contributed by atoms with Crippen molar-refractivity contribution in [3.05, 3.63) is 64.7 Å². The molecule has 1 saturated heterocycles. The molecule has 1 aromatic carbocycles. The Morgan fingerprint density at radius 3 is 2.43 bits per heavy atom. The van der Waals surface area contributed by atoms with E-state index in [4.69, 9.17) is 16.1 Å². The zero-order chi connectivity index (χ0) is 19.9. The van der Waals surface area contributed by atoms with Crippen LogP contribution in [-0.4, -0.2) is 33.3 Å². The average molecular weight is 399 g/mol. The van der Waals surface area contributed by atoms with Crippen LogP contribution in [0.2, 0.25) is 5.28 Å². The fourth-order valence-electron chi connectivity index (χ4n) is 3.81. The van der Waals surface area contributed by atoms with E-state index < -0.39 is 5.60 Å². The molecule has 0 bridgehead atoms. The first-order chi connectivity index (χ1) is 13.3. The van der Waals surface area contributed by atoms with Crippen LogP contribution in [0.1, 0.15) is 43.4 Å². The lowest BCUT2D eigenvalue weighted by molar-refractivity contribution is -0.0769. The molecule has 0 unspecified atom stereocenters. The van der Waals surface area contributed by atoms with E-state index in [1.54, 1.807) is 12.4 Å². The minimum Gasteiger partial charge on any atom is -0.380 e. The highest BCUT2D eigenvalue weighted by Crippen LogP contribution is 2.48. The molecule has 3 heterocycles. The van der Waals surface area contributed by atoms with Crippen molar-refractivity contribution in [3.8, 4) is 11.5 Å². The summed E-state index contributed by atoms with van der Waals surface area (Å²) in [6, 6.07) is 10.0. The molecule has 0 aliphatic carbocycles. The number of nitrogens with one attached hydrogen (secondary N) is 1. The maximum Gasteiger partial charge on any atom is 0.264 e. The van der Waals surface area contributed by atoms with Crippen molar-refractivity contribution in [2.24, 2.45) is 5.41 Å². The van der Waals surface area contributed by atoms with Gasteiger partial charge in [-0.05, 0) is 39.9 Å². The number of pyridine rings is 1. The minimum absolute atomic E-state index is 0.0371. The monoisotopic (exact) mass is 398 g/mol. The summed E-state index contributed by atoms with van der Waals surface area (Å²) in [5.41, 5.74) is 1.77. The quantitative estimate of drug-likeness (QED) is 0.680. The molecule has 2 N–H and O–H groups in total. The molecule has 0 saturated carbocycles. The van der Waals surface area contributed by atoms with Gasteiger partial charge in [0.25, 0.3) is 11.2 Å². The van der Waals surface area contributed by atoms with E-state index in [1.807, 2.05) is 18.2 Å². The maximum absolute atomic E-state index is 12.1. The molecule has 1 aliphatic heterocycles. The predicted octanol–water partition coefficient (Wildman–Crippen LogP) is 3.75. The standard InChI is InChI=1S/C21H23ClN4O2/c1-13(2)14-4-6-16(7-5-14)21(27,20(3)11-24-12-20)17-8-15(9-23-10-17)18-25-19(22)26-28-18/h4-10,13,24,27H,11-12H2,1-3H3/t21-/m0/s1. The molecule has 0 radical (unpaired) electrons. The Hall–Kier alpha value is -2.28. The summed E-state index contributed by atoms with van der Waals surface area (Å²) in [5.74, 6) is 0.698. The van der Waals surface area contributed by atoms with Crippen molar-refractivity contribution < 1.29 is 9.63 Å². The van der Waals surface area contributed by atoms with Gasteiger partial charge < -0.3 is 14.9 Å². The second-order valence-corrected chi connectivity index (χ2v) is 8.32. The molecule has 3 aromatic rings. The van der Waals surface area contributed by atoms with Gasteiger partial charge in [-0.1, -0.05) is 45.0 Å². The number of nitrogens with zero attached hydrogens (tertiary/aromatic N) is 3. The van der Waals surface area contributed by atoms with Gasteiger partial charge in [-0.25, -0.2) is 0 Å². The molecule has 7 heteroatoms. The number of hydrogen-bond donors (Lipinski definition) is 2. The number of halogens is 1. The van der Waals surface area contributed by atoms with Gasteiger partial charge >= 0.3 is 0 Å². The summed E-state index contributed by atoms with van der Waals surface area (Å²) in [6.45, 7) is 7.79. The maximum atomic E-state index is 12.1. The largest absolute Gasteiger partial charge is 0.380 e. The first-order valence-electron chi connectivity index (χ1n) is 9.32. The Balaban J connectivity index is 1.83. The van der Waals surface area contributed by atoms with Gasteiger partial charge in [-0.3, -0.25) is 4.98 Å². The Morgan fingerprint density at radius 1 is 1.18 bits per heavy atom. The Morgan fingerprint density at radius 2 is 1.89 bits per heavy atom. The third-order valence-electron chi connectivity index (χ3n) is 5.70. The molecule has 146 valence electrons. The first kappa shape index (κ1) is 19.1. The van der Waals surface area contributed by atoms with Gasteiger partial charge in [-0.2, -0.15) is 4.98 Å². The predicted molar refractivity (Wildman–Crippen MR) is 107 cm³/mol. The summed E-state index contributed by atoms with van der Waals surface area (Å²) < 4.78 is 5.16. The molecular weight excluding hydrogens is 376 g/mol. The van der Waals surface area contributed by atoms with Crippen LogP contribution in [0.25, 0.3) is 11.5 Å². The second-order valence-electron chi connectivity index (χ2n) is 7.98. The zero-order valence-electron chi connectivity index (χ0n) is 16.1. The van der Waals surface area contributed by atoms with E-state index in [-0.39, 0.29) is 16.6 Å². The minimum atomic E-state index is -1.22. The van der Waals surface area contributed by atoms with E-state index in [2.05, 4.69) is 53.3 Å². The lowest BCUT2D eigenvalue weighted by Gasteiger charge is -2.52. The van der Waals surface area contributed by atoms with Crippen LogP contribution in [0.15, 0.2) is 47.2 Å². The van der Waals surface area contributed by atoms with Crippen LogP contribution in [-0.2, 0) is 5.60 Å². The van der Waals surface area contributed by atoms with Gasteiger partial charge in [0.2, 0.25) is 0 Å². The lowest BCUT2D eigenvalue weighted by atomic mass is 9.63. The van der Waals surface area contributed by atoms with Crippen molar-refractivity contribution in [1.82, 2.24) is 20.4 Å². The summed E-state index contributed by atoms with van der Waals surface area (Å²) >= 11 is 5.79. The SMILES string of the molecule is CC(C)c1ccc([C@](O)(c2cncc(-c3nc(Cl)no3)c2)C2(C)CNC2)cc1. The topological polar surface area (TPSA) is 84.1 Å². The van der Waals surface area contributed by atoms with Crippen LogP contribution in [0.5, 0.6) is 0 Å². The van der Waals surface area contributed by atoms with Gasteiger partial charge in [0.15, 0.2) is 0 Å². The molecule has 1 aliphatic rings. The third-order valence-corrected chi connectivity index (χ3v) is 5.86. The van der Waals surface area contributed by atoms with E-state index in [0.717, 1.165) is 5.56 Å².